The van der Waals surface area contributed by atoms with Crippen LogP contribution >= 0.6 is 0 Å². The van der Waals surface area contributed by atoms with E-state index in [0.717, 1.165) is 28.0 Å². The van der Waals surface area contributed by atoms with Gasteiger partial charge in [0.05, 0.1) is 30.8 Å². The number of aromatic nitrogens is 4. The second-order valence-corrected chi connectivity index (χ2v) is 7.60. The normalized spacial score (nSPS) is 11.0. The molecule has 0 aliphatic heterocycles. The second kappa shape index (κ2) is 11.9. The minimum absolute atomic E-state index is 0.134. The van der Waals surface area contributed by atoms with Gasteiger partial charge in [0.2, 0.25) is 0 Å². The molecule has 0 bridgehead atoms. The van der Waals surface area contributed by atoms with Crippen LogP contribution in [0.4, 0.5) is 8.78 Å². The molecule has 12 heteroatoms. The Balaban J connectivity index is 1.48. The highest BCUT2D eigenvalue weighted by Crippen LogP contribution is 2.28. The van der Waals surface area contributed by atoms with Crippen molar-refractivity contribution in [2.24, 2.45) is 5.11 Å². The number of hydrogen-bond acceptors (Lipinski definition) is 7. The molecule has 186 valence electrons. The molecule has 0 saturated carbocycles. The number of imidazole rings is 1. The van der Waals surface area contributed by atoms with Crippen LogP contribution in [0.15, 0.2) is 60.0 Å². The van der Waals surface area contributed by atoms with E-state index in [-0.39, 0.29) is 24.9 Å². The summed E-state index contributed by atoms with van der Waals surface area (Å²) in [4.78, 5) is 15.8. The van der Waals surface area contributed by atoms with Crippen molar-refractivity contribution >= 4 is 11.0 Å². The molecule has 0 saturated heterocycles. The van der Waals surface area contributed by atoms with Gasteiger partial charge in [-0.15, -0.1) is 0 Å². The Labute approximate surface area is 205 Å². The van der Waals surface area contributed by atoms with Gasteiger partial charge in [-0.1, -0.05) is 29.4 Å². The highest BCUT2D eigenvalue weighted by atomic mass is 19.3. The summed E-state index contributed by atoms with van der Waals surface area (Å²) in [5.74, 6) is 0.880. The lowest BCUT2D eigenvalue weighted by atomic mass is 10.1. The van der Waals surface area contributed by atoms with E-state index in [4.69, 9.17) is 15.0 Å². The number of benzene rings is 2. The van der Waals surface area contributed by atoms with Crippen molar-refractivity contribution in [3.05, 3.63) is 76.7 Å². The number of nitrogens with zero attached hydrogens (tertiary/aromatic N) is 7. The first-order valence-corrected chi connectivity index (χ1v) is 11.1. The minimum atomic E-state index is -2.90. The van der Waals surface area contributed by atoms with Crippen molar-refractivity contribution < 1.29 is 23.0 Å². The molecule has 0 atom stereocenters. The van der Waals surface area contributed by atoms with Crippen LogP contribution in [0.2, 0.25) is 0 Å². The lowest BCUT2D eigenvalue weighted by Crippen LogP contribution is -2.10. The van der Waals surface area contributed by atoms with Gasteiger partial charge in [-0.25, -0.2) is 15.0 Å². The first-order valence-electron chi connectivity index (χ1n) is 11.1. The molecule has 0 aliphatic rings. The Hall–Kier alpha value is -4.28. The third-order valence-corrected chi connectivity index (χ3v) is 5.28. The molecule has 4 rings (SSSR count). The van der Waals surface area contributed by atoms with Crippen molar-refractivity contribution in [2.45, 2.75) is 20.1 Å². The quantitative estimate of drug-likeness (QED) is 0.116. The number of fused-ring (bicyclic) bond motifs is 1. The molecule has 2 aromatic carbocycles. The molecule has 4 aromatic rings. The lowest BCUT2D eigenvalue weighted by Gasteiger charge is -2.13. The minimum Gasteiger partial charge on any atom is -0.461 e. The predicted octanol–water partition coefficient (Wildman–Crippen LogP) is 5.16. The van der Waals surface area contributed by atoms with Gasteiger partial charge in [0.15, 0.2) is 0 Å². The second-order valence-electron chi connectivity index (χ2n) is 7.60. The zero-order valence-corrected chi connectivity index (χ0v) is 19.4. The van der Waals surface area contributed by atoms with E-state index in [1.807, 2.05) is 29.7 Å². The van der Waals surface area contributed by atoms with Gasteiger partial charge >= 0.3 is 12.6 Å². The van der Waals surface area contributed by atoms with E-state index in [9.17, 15) is 8.78 Å². The Morgan fingerprint density at radius 2 is 1.86 bits per heavy atom. The molecule has 0 spiro atoms. The van der Waals surface area contributed by atoms with Crippen LogP contribution in [-0.4, -0.2) is 52.5 Å². The summed E-state index contributed by atoms with van der Waals surface area (Å²) in [6.07, 6.45) is 3.32. The van der Waals surface area contributed by atoms with E-state index in [2.05, 4.69) is 29.7 Å². The van der Waals surface area contributed by atoms with E-state index in [0.29, 0.717) is 25.3 Å². The Bertz CT molecular complexity index is 1360. The van der Waals surface area contributed by atoms with E-state index in [1.165, 1.54) is 6.07 Å². The lowest BCUT2D eigenvalue weighted by molar-refractivity contribution is -0.0504. The molecule has 0 amide bonds. The van der Waals surface area contributed by atoms with Gasteiger partial charge in [-0.05, 0) is 36.2 Å². The van der Waals surface area contributed by atoms with Crippen molar-refractivity contribution in [3.63, 3.8) is 0 Å². The number of azide groups is 1. The third kappa shape index (κ3) is 6.23. The molecule has 0 unspecified atom stereocenters. The van der Waals surface area contributed by atoms with Crippen molar-refractivity contribution in [3.8, 4) is 22.9 Å². The largest absolute Gasteiger partial charge is 0.461 e. The number of halogens is 2. The van der Waals surface area contributed by atoms with Gasteiger partial charge < -0.3 is 18.8 Å². The number of alkyl halides is 2. The first-order chi connectivity index (χ1) is 17.5. The summed E-state index contributed by atoms with van der Waals surface area (Å²) in [5, 5.41) is 3.38. The van der Waals surface area contributed by atoms with Gasteiger partial charge in [-0.3, -0.25) is 0 Å². The van der Waals surface area contributed by atoms with E-state index < -0.39 is 6.61 Å². The topological polar surface area (TPSA) is 120 Å². The van der Waals surface area contributed by atoms with Gasteiger partial charge in [0.25, 0.3) is 0 Å². The third-order valence-electron chi connectivity index (χ3n) is 5.28. The van der Waals surface area contributed by atoms with Crippen LogP contribution in [0.1, 0.15) is 11.4 Å². The van der Waals surface area contributed by atoms with E-state index >= 15 is 0 Å². The number of ether oxygens (including phenoxy) is 3. The molecule has 10 nitrogen and oxygen atoms in total. The Morgan fingerprint density at radius 3 is 2.64 bits per heavy atom. The summed E-state index contributed by atoms with van der Waals surface area (Å²) in [5.41, 5.74) is 12.1. The average molecular weight is 495 g/mol. The van der Waals surface area contributed by atoms with Crippen LogP contribution < -0.4 is 9.47 Å². The van der Waals surface area contributed by atoms with Crippen LogP contribution in [0, 0.1) is 6.92 Å². The number of hydrogen-bond donors (Lipinski definition) is 0. The Morgan fingerprint density at radius 1 is 1.06 bits per heavy atom. The Kier molecular flexibility index (Phi) is 8.22. The van der Waals surface area contributed by atoms with Gasteiger partial charge in [-0.2, -0.15) is 8.78 Å². The first kappa shape index (κ1) is 24.8. The van der Waals surface area contributed by atoms with Crippen LogP contribution in [0.3, 0.4) is 0 Å². The van der Waals surface area contributed by atoms with Gasteiger partial charge in [0.1, 0.15) is 18.2 Å². The summed E-state index contributed by atoms with van der Waals surface area (Å²) in [6, 6.07) is 12.7. The molecule has 0 fully saturated rings. The number of aryl methyl sites for hydroxylation is 1. The fourth-order valence-corrected chi connectivity index (χ4v) is 3.62. The fraction of sp³-hybridized carbons (Fsp3) is 0.292. The van der Waals surface area contributed by atoms with Crippen LogP contribution in [0.5, 0.6) is 11.8 Å². The molecule has 0 N–H and O–H groups in total. The molecule has 36 heavy (non-hydrogen) atoms. The zero-order valence-electron chi connectivity index (χ0n) is 19.4. The SMILES string of the molecule is Cc1nc2ccc(-c3cnc(OCCOCCN=[N+]=[N-])nc3)cc2n1Cc1ccccc1OC(F)F. The molecule has 2 aromatic heterocycles. The van der Waals surface area contributed by atoms with Crippen molar-refractivity contribution in [1.82, 2.24) is 19.5 Å². The molecule has 0 aliphatic carbocycles. The van der Waals surface area contributed by atoms with Crippen molar-refractivity contribution in [2.75, 3.05) is 26.4 Å². The molecule has 0 radical (unpaired) electrons. The predicted molar refractivity (Wildman–Crippen MR) is 128 cm³/mol. The monoisotopic (exact) mass is 495 g/mol. The maximum absolute atomic E-state index is 12.8. The summed E-state index contributed by atoms with van der Waals surface area (Å²) < 4.78 is 43.1. The van der Waals surface area contributed by atoms with Crippen LogP contribution in [0.25, 0.3) is 32.6 Å². The zero-order chi connectivity index (χ0) is 25.3. The molecular weight excluding hydrogens is 472 g/mol. The molecule has 2 heterocycles. The van der Waals surface area contributed by atoms with Gasteiger partial charge in [0, 0.05) is 35.0 Å². The average Bonchev–Trinajstić information content (AvgIpc) is 3.19. The highest BCUT2D eigenvalue weighted by Gasteiger charge is 2.14. The number of para-hydroxylation sites is 1. The smallest absolute Gasteiger partial charge is 0.387 e. The summed E-state index contributed by atoms with van der Waals surface area (Å²) in [7, 11) is 0. The molecular formula is C24H23F2N7O3. The summed E-state index contributed by atoms with van der Waals surface area (Å²) >= 11 is 0. The fourth-order valence-electron chi connectivity index (χ4n) is 3.62. The maximum atomic E-state index is 12.8. The van der Waals surface area contributed by atoms with Crippen molar-refractivity contribution in [1.29, 1.82) is 0 Å². The number of rotatable bonds is 12. The highest BCUT2D eigenvalue weighted by molar-refractivity contribution is 5.82. The van der Waals surface area contributed by atoms with Crippen LogP contribution in [-0.2, 0) is 11.3 Å². The summed E-state index contributed by atoms with van der Waals surface area (Å²) in [6.45, 7) is 0.447. The standard InChI is InChI=1S/C24H23F2N7O3/c1-16-31-20-7-6-17(19-13-28-24(29-14-19)35-11-10-34-9-8-30-32-27)12-21(20)33(16)15-18-4-2-3-5-22(18)36-23(25)26/h2-7,12-14,23H,8-11,15H2,1H3. The van der Waals surface area contributed by atoms with E-state index in [1.54, 1.807) is 30.6 Å². The maximum Gasteiger partial charge on any atom is 0.387 e.